The van der Waals surface area contributed by atoms with Gasteiger partial charge in [0.15, 0.2) is 17.5 Å². The first kappa shape index (κ1) is 26.3. The van der Waals surface area contributed by atoms with Gasteiger partial charge in [-0.15, -0.1) is 0 Å². The fourth-order valence-corrected chi connectivity index (χ4v) is 3.29. The highest BCUT2D eigenvalue weighted by molar-refractivity contribution is 6.50. The Bertz CT molecular complexity index is 1160. The van der Waals surface area contributed by atoms with Crippen molar-refractivity contribution >= 4 is 18.8 Å². The average Bonchev–Trinajstić information content (AvgIpc) is 3.34. The number of imidazole rings is 1. The summed E-state index contributed by atoms with van der Waals surface area (Å²) in [7, 11) is -6.00. The summed E-state index contributed by atoms with van der Waals surface area (Å²) in [5.41, 5.74) is 7.18. The number of benzene rings is 1. The van der Waals surface area contributed by atoms with Gasteiger partial charge in [0.1, 0.15) is 36.9 Å². The molecule has 1 aromatic carbocycles. The number of aromatic nitrogens is 2. The Hall–Kier alpha value is -3.32. The SMILES string of the molecule is F[B-](F)(F)F.NC1=c2ncn([C@@H]3O[C@H](CO)[C@@H](O)[C@H]3O)c2=NCN1OCc1ccc([N+](=O)[O-])cc1. The van der Waals surface area contributed by atoms with E-state index in [-0.39, 0.29) is 24.8 Å². The molecule has 0 aliphatic carbocycles. The van der Waals surface area contributed by atoms with Crippen LogP contribution in [0, 0.1) is 10.1 Å². The van der Waals surface area contributed by atoms with Crippen molar-refractivity contribution in [2.75, 3.05) is 13.3 Å². The molecule has 4 atom stereocenters. The maximum atomic E-state index is 10.7. The van der Waals surface area contributed by atoms with Crippen molar-refractivity contribution < 1.29 is 47.1 Å². The third-order valence-corrected chi connectivity index (χ3v) is 4.95. The van der Waals surface area contributed by atoms with Crippen LogP contribution in [0.4, 0.5) is 23.0 Å². The first-order valence-electron chi connectivity index (χ1n) is 9.91. The predicted octanol–water partition coefficient (Wildman–Crippen LogP) is -1.25. The second kappa shape index (κ2) is 10.5. The summed E-state index contributed by atoms with van der Waals surface area (Å²) in [5, 5.41) is 41.8. The number of hydrogen-bond donors (Lipinski definition) is 4. The lowest BCUT2D eigenvalue weighted by molar-refractivity contribution is -0.384. The zero-order chi connectivity index (χ0) is 25.9. The number of non-ortho nitro benzene ring substituents is 1. The van der Waals surface area contributed by atoms with Crippen LogP contribution in [0.1, 0.15) is 11.8 Å². The van der Waals surface area contributed by atoms with Crippen LogP contribution in [0.2, 0.25) is 0 Å². The van der Waals surface area contributed by atoms with E-state index < -0.39 is 43.3 Å². The standard InChI is InChI=1S/C17H20N6O7.BF4/c18-15-12-16(21(7-19-12)17-14(26)13(25)11(5-24)30-17)20-8-22(15)29-6-9-1-3-10(4-2-9)23(27)28;2-1(3,4)5/h1-4,7,11,13-14,17,24-26H,5-6,8,18H2;/q;-1/t11-,13-,14-,17-;/m1./s1. The molecule has 0 bridgehead atoms. The van der Waals surface area contributed by atoms with Crippen molar-refractivity contribution in [3.8, 4) is 0 Å². The molecule has 0 unspecified atom stereocenters. The van der Waals surface area contributed by atoms with Crippen LogP contribution in [0.3, 0.4) is 0 Å². The molecule has 5 N–H and O–H groups in total. The third kappa shape index (κ3) is 6.23. The van der Waals surface area contributed by atoms with Crippen molar-refractivity contribution in [1.82, 2.24) is 14.6 Å². The number of nitro benzene ring substituents is 1. The van der Waals surface area contributed by atoms with Crippen LogP contribution in [0.15, 0.2) is 35.6 Å². The number of rotatable bonds is 6. The maximum Gasteiger partial charge on any atom is 0.673 e. The summed E-state index contributed by atoms with van der Waals surface area (Å²) >= 11 is 0. The highest BCUT2D eigenvalue weighted by Gasteiger charge is 2.44. The van der Waals surface area contributed by atoms with Crippen LogP contribution < -0.4 is 16.6 Å². The number of aliphatic hydroxyl groups excluding tert-OH is 3. The van der Waals surface area contributed by atoms with Gasteiger partial charge in [-0.2, -0.15) is 0 Å². The number of halogens is 4. The summed E-state index contributed by atoms with van der Waals surface area (Å²) < 4.78 is 46.0. The zero-order valence-electron chi connectivity index (χ0n) is 17.7. The second-order valence-corrected chi connectivity index (χ2v) is 7.31. The quantitative estimate of drug-likeness (QED) is 0.160. The summed E-state index contributed by atoms with van der Waals surface area (Å²) in [5.74, 6) is 0.187. The molecule has 0 radical (unpaired) electrons. The van der Waals surface area contributed by atoms with Crippen LogP contribution >= 0.6 is 0 Å². The molecular weight excluding hydrogens is 487 g/mol. The van der Waals surface area contributed by atoms with Gasteiger partial charge in [0.2, 0.25) is 0 Å². The van der Waals surface area contributed by atoms with Crippen LogP contribution in [-0.2, 0) is 16.2 Å². The van der Waals surface area contributed by atoms with Gasteiger partial charge in [-0.3, -0.25) is 19.5 Å². The molecule has 0 spiro atoms. The molecule has 2 aliphatic rings. The number of hydrogen-bond acceptors (Lipinski definition) is 11. The number of nitro groups is 1. The van der Waals surface area contributed by atoms with E-state index in [9.17, 15) is 42.7 Å². The predicted molar refractivity (Wildman–Crippen MR) is 108 cm³/mol. The molecule has 0 amide bonds. The van der Waals surface area contributed by atoms with Crippen molar-refractivity contribution in [3.05, 3.63) is 57.1 Å². The van der Waals surface area contributed by atoms with Crippen LogP contribution in [-0.4, -0.2) is 73.7 Å². The van der Waals surface area contributed by atoms with Crippen LogP contribution in [0.5, 0.6) is 0 Å². The summed E-state index contributed by atoms with van der Waals surface area (Å²) in [4.78, 5) is 24.5. The third-order valence-electron chi connectivity index (χ3n) is 4.95. The zero-order valence-corrected chi connectivity index (χ0v) is 17.7. The second-order valence-electron chi connectivity index (χ2n) is 7.31. The van der Waals surface area contributed by atoms with Gasteiger partial charge in [0.25, 0.3) is 5.69 Å². The number of fused-ring (bicyclic) bond motifs is 1. The minimum absolute atomic E-state index is 0.0159. The molecule has 35 heavy (non-hydrogen) atoms. The molecule has 1 fully saturated rings. The minimum atomic E-state index is -6.00. The van der Waals surface area contributed by atoms with E-state index in [1.165, 1.54) is 28.1 Å². The number of hydroxylamine groups is 2. The van der Waals surface area contributed by atoms with Gasteiger partial charge < -0.3 is 43.1 Å². The van der Waals surface area contributed by atoms with Crippen LogP contribution in [0.25, 0.3) is 5.82 Å². The maximum absolute atomic E-state index is 10.7. The lowest BCUT2D eigenvalue weighted by atomic mass is 10.1. The largest absolute Gasteiger partial charge is 0.673 e. The Morgan fingerprint density at radius 1 is 1.23 bits per heavy atom. The van der Waals surface area contributed by atoms with Crippen molar-refractivity contribution in [2.45, 2.75) is 31.1 Å². The van der Waals surface area contributed by atoms with Gasteiger partial charge in [0.05, 0.1) is 17.9 Å². The molecule has 192 valence electrons. The van der Waals surface area contributed by atoms with E-state index >= 15 is 0 Å². The monoisotopic (exact) mass is 507 g/mol. The smallest absolute Gasteiger partial charge is 0.418 e. The molecule has 18 heteroatoms. The number of nitrogens with zero attached hydrogens (tertiary/aromatic N) is 5. The molecule has 13 nitrogen and oxygen atoms in total. The Morgan fingerprint density at radius 2 is 1.86 bits per heavy atom. The summed E-state index contributed by atoms with van der Waals surface area (Å²) in [6, 6.07) is 5.93. The van der Waals surface area contributed by atoms with E-state index in [4.69, 9.17) is 15.3 Å². The van der Waals surface area contributed by atoms with Crippen molar-refractivity contribution in [2.24, 2.45) is 10.7 Å². The first-order valence-corrected chi connectivity index (χ1v) is 9.91. The van der Waals surface area contributed by atoms with E-state index in [0.29, 0.717) is 16.4 Å². The fourth-order valence-electron chi connectivity index (χ4n) is 3.29. The minimum Gasteiger partial charge on any atom is -0.418 e. The Labute approximate surface area is 193 Å². The summed E-state index contributed by atoms with van der Waals surface area (Å²) in [6.07, 6.45) is -3.04. The lowest BCUT2D eigenvalue weighted by Crippen LogP contribution is -2.47. The van der Waals surface area contributed by atoms with Gasteiger partial charge in [0, 0.05) is 12.1 Å². The highest BCUT2D eigenvalue weighted by atomic mass is 19.5. The molecule has 0 saturated carbocycles. The molecule has 1 saturated heterocycles. The normalized spacial score (nSPS) is 23.9. The van der Waals surface area contributed by atoms with E-state index in [0.717, 1.165) is 0 Å². The Kier molecular flexibility index (Phi) is 7.91. The van der Waals surface area contributed by atoms with Gasteiger partial charge in [-0.05, 0) is 17.7 Å². The molecule has 3 heterocycles. The number of nitrogens with two attached hydrogens (primary N) is 1. The Balaban J connectivity index is 0.000000623. The van der Waals surface area contributed by atoms with Crippen molar-refractivity contribution in [1.29, 1.82) is 0 Å². The fraction of sp³-hybridized carbons (Fsp3) is 0.412. The highest BCUT2D eigenvalue weighted by Crippen LogP contribution is 2.27. The molecule has 2 aromatic rings. The topological polar surface area (TPSA) is 182 Å². The van der Waals surface area contributed by atoms with E-state index in [1.807, 2.05) is 0 Å². The van der Waals surface area contributed by atoms with Crippen molar-refractivity contribution in [3.63, 3.8) is 0 Å². The average molecular weight is 507 g/mol. The van der Waals surface area contributed by atoms with Gasteiger partial charge >= 0.3 is 7.25 Å². The van der Waals surface area contributed by atoms with E-state index in [1.54, 1.807) is 12.1 Å². The lowest BCUT2D eigenvalue weighted by Gasteiger charge is -2.24. The van der Waals surface area contributed by atoms with E-state index in [2.05, 4.69) is 9.98 Å². The molecule has 2 aliphatic heterocycles. The Morgan fingerprint density at radius 3 is 2.40 bits per heavy atom. The van der Waals surface area contributed by atoms with Gasteiger partial charge in [-0.1, -0.05) is 0 Å². The molecular formula is C17H20BF4N6O7-. The molecule has 1 aromatic heterocycles. The van der Waals surface area contributed by atoms with Gasteiger partial charge in [-0.25, -0.2) is 15.0 Å². The number of ether oxygens (including phenoxy) is 1. The molecule has 4 rings (SSSR count). The summed E-state index contributed by atoms with van der Waals surface area (Å²) in [6.45, 7) is -0.299. The first-order chi connectivity index (χ1) is 16.4. The number of aliphatic hydroxyl groups is 3.